The summed E-state index contributed by atoms with van der Waals surface area (Å²) in [6.07, 6.45) is 0. The van der Waals surface area contributed by atoms with Gasteiger partial charge in [0.15, 0.2) is 0 Å². The zero-order chi connectivity index (χ0) is 43.3. The molecule has 0 radical (unpaired) electrons. The molecule has 10 aromatic rings. The SMILES string of the molecule is N#Cc1ccc(-c2cccc3c4cccc(-c5ccc(C#N)cc5)c4n(-c4cccc5c4C(=O)N(c4c(-c6ccccc6)cc(-c6ccccc6)cc4-c4ccccc4)C5=O)c23)cc1. The molecule has 0 saturated carbocycles. The molecule has 0 saturated heterocycles. The molecule has 0 aliphatic carbocycles. The Morgan fingerprint density at radius 3 is 1.25 bits per heavy atom. The minimum atomic E-state index is -0.431. The van der Waals surface area contributed by atoms with E-state index in [0.717, 1.165) is 77.4 Å². The summed E-state index contributed by atoms with van der Waals surface area (Å²) in [5, 5.41) is 21.2. The summed E-state index contributed by atoms with van der Waals surface area (Å²) >= 11 is 0. The van der Waals surface area contributed by atoms with E-state index in [1.165, 1.54) is 4.90 Å². The summed E-state index contributed by atoms with van der Waals surface area (Å²) in [5.41, 5.74) is 13.2. The Morgan fingerprint density at radius 2 is 0.781 bits per heavy atom. The van der Waals surface area contributed by atoms with Crippen LogP contribution in [0.5, 0.6) is 0 Å². The summed E-state index contributed by atoms with van der Waals surface area (Å²) < 4.78 is 2.13. The second kappa shape index (κ2) is 15.4. The predicted molar refractivity (Wildman–Crippen MR) is 255 cm³/mol. The molecular formula is C58H34N4O2. The normalized spacial score (nSPS) is 12.1. The molecule has 0 fully saturated rings. The first kappa shape index (κ1) is 37.9. The van der Waals surface area contributed by atoms with E-state index in [-0.39, 0.29) is 0 Å². The highest BCUT2D eigenvalue weighted by Crippen LogP contribution is 2.48. The van der Waals surface area contributed by atoms with Gasteiger partial charge in [-0.05, 0) is 81.9 Å². The van der Waals surface area contributed by atoms with Gasteiger partial charge in [-0.3, -0.25) is 9.59 Å². The van der Waals surface area contributed by atoms with Crippen molar-refractivity contribution in [3.8, 4) is 73.5 Å². The van der Waals surface area contributed by atoms with Gasteiger partial charge in [-0.15, -0.1) is 0 Å². The van der Waals surface area contributed by atoms with Crippen molar-refractivity contribution < 1.29 is 9.59 Å². The number of amides is 2. The number of carbonyl (C=O) groups is 2. The van der Waals surface area contributed by atoms with Crippen molar-refractivity contribution >= 4 is 39.3 Å². The zero-order valence-electron chi connectivity index (χ0n) is 34.2. The molecular weight excluding hydrogens is 785 g/mol. The first-order valence-electron chi connectivity index (χ1n) is 21.0. The van der Waals surface area contributed by atoms with Crippen molar-refractivity contribution in [3.63, 3.8) is 0 Å². The molecule has 2 heterocycles. The number of aromatic nitrogens is 1. The molecule has 6 nitrogen and oxygen atoms in total. The molecule has 0 atom stereocenters. The Hall–Kier alpha value is -9.10. The number of nitrogens with zero attached hydrogens (tertiary/aromatic N) is 4. The number of hydrogen-bond acceptors (Lipinski definition) is 4. The lowest BCUT2D eigenvalue weighted by Crippen LogP contribution is -2.30. The standard InChI is InChI=1S/C58H34N4O2/c59-35-37-25-29-42(30-26-37)45-19-10-21-47-48-22-11-20-46(43-31-27-38(36-60)28-32-43)55(48)61(54(45)47)52-24-12-23-49-53(52)58(64)62(57(49)63)56-50(40-15-6-2-7-16-40)33-44(39-13-4-1-5-14-39)34-51(56)41-17-8-3-9-18-41/h1-34H. The van der Waals surface area contributed by atoms with E-state index < -0.39 is 11.8 Å². The maximum absolute atomic E-state index is 15.8. The molecule has 9 aromatic carbocycles. The fourth-order valence-corrected chi connectivity index (χ4v) is 9.28. The highest BCUT2D eigenvalue weighted by molar-refractivity contribution is 6.37. The lowest BCUT2D eigenvalue weighted by Gasteiger charge is -2.24. The Labute approximate surface area is 369 Å². The van der Waals surface area contributed by atoms with Gasteiger partial charge in [0.1, 0.15) is 0 Å². The maximum Gasteiger partial charge on any atom is 0.268 e. The number of fused-ring (bicyclic) bond motifs is 4. The molecule has 1 aromatic heterocycles. The molecule has 298 valence electrons. The van der Waals surface area contributed by atoms with E-state index >= 15 is 9.59 Å². The fourth-order valence-electron chi connectivity index (χ4n) is 9.28. The molecule has 0 spiro atoms. The lowest BCUT2D eigenvalue weighted by molar-refractivity contribution is 0.0926. The van der Waals surface area contributed by atoms with E-state index in [2.05, 4.69) is 65.2 Å². The van der Waals surface area contributed by atoms with Crippen molar-refractivity contribution in [2.45, 2.75) is 0 Å². The van der Waals surface area contributed by atoms with Crippen molar-refractivity contribution in [2.75, 3.05) is 4.90 Å². The third kappa shape index (κ3) is 6.10. The van der Waals surface area contributed by atoms with Crippen LogP contribution >= 0.6 is 0 Å². The van der Waals surface area contributed by atoms with Gasteiger partial charge in [0.25, 0.3) is 11.8 Å². The molecule has 6 heteroatoms. The van der Waals surface area contributed by atoms with Crippen LogP contribution in [0.4, 0.5) is 5.69 Å². The van der Waals surface area contributed by atoms with Crippen LogP contribution in [0.1, 0.15) is 31.8 Å². The van der Waals surface area contributed by atoms with Crippen LogP contribution in [0.3, 0.4) is 0 Å². The van der Waals surface area contributed by atoms with Crippen LogP contribution in [0.2, 0.25) is 0 Å². The number of rotatable bonds is 7. The first-order valence-corrected chi connectivity index (χ1v) is 21.0. The minimum absolute atomic E-state index is 0.292. The summed E-state index contributed by atoms with van der Waals surface area (Å²) in [4.78, 5) is 32.5. The van der Waals surface area contributed by atoms with Crippen molar-refractivity contribution in [2.24, 2.45) is 0 Å². The Bertz CT molecular complexity index is 3410. The van der Waals surface area contributed by atoms with E-state index in [9.17, 15) is 10.5 Å². The second-order valence-electron chi connectivity index (χ2n) is 15.8. The van der Waals surface area contributed by atoms with Crippen LogP contribution < -0.4 is 4.90 Å². The smallest absolute Gasteiger partial charge is 0.268 e. The summed E-state index contributed by atoms with van der Waals surface area (Å²) in [5.74, 6) is -0.844. The molecule has 2 amide bonds. The van der Waals surface area contributed by atoms with E-state index in [4.69, 9.17) is 0 Å². The largest absolute Gasteiger partial charge is 0.307 e. The predicted octanol–water partition coefficient (Wildman–Crippen LogP) is 13.7. The number of para-hydroxylation sites is 2. The average molecular weight is 819 g/mol. The second-order valence-corrected chi connectivity index (χ2v) is 15.8. The Balaban J connectivity index is 1.21. The van der Waals surface area contributed by atoms with Crippen LogP contribution in [0.25, 0.3) is 83.1 Å². The van der Waals surface area contributed by atoms with Crippen LogP contribution in [-0.2, 0) is 0 Å². The molecule has 0 unspecified atom stereocenters. The average Bonchev–Trinajstić information content (AvgIpc) is 3.84. The van der Waals surface area contributed by atoms with E-state index in [1.807, 2.05) is 127 Å². The van der Waals surface area contributed by atoms with Gasteiger partial charge in [0, 0.05) is 33.0 Å². The monoisotopic (exact) mass is 818 g/mol. The van der Waals surface area contributed by atoms with Crippen LogP contribution in [0, 0.1) is 22.7 Å². The van der Waals surface area contributed by atoms with Gasteiger partial charge >= 0.3 is 0 Å². The maximum atomic E-state index is 15.8. The molecule has 0 bridgehead atoms. The van der Waals surface area contributed by atoms with Crippen molar-refractivity contribution in [1.82, 2.24) is 4.57 Å². The van der Waals surface area contributed by atoms with Gasteiger partial charge in [-0.2, -0.15) is 10.5 Å². The third-order valence-electron chi connectivity index (χ3n) is 12.2. The lowest BCUT2D eigenvalue weighted by atomic mass is 9.90. The molecule has 11 rings (SSSR count). The van der Waals surface area contributed by atoms with Gasteiger partial charge in [-0.1, -0.05) is 158 Å². The van der Waals surface area contributed by atoms with Crippen LogP contribution in [-0.4, -0.2) is 16.4 Å². The number of anilines is 1. The zero-order valence-corrected chi connectivity index (χ0v) is 34.2. The van der Waals surface area contributed by atoms with Gasteiger partial charge in [-0.25, -0.2) is 4.90 Å². The third-order valence-corrected chi connectivity index (χ3v) is 12.2. The van der Waals surface area contributed by atoms with Gasteiger partial charge in [0.05, 0.1) is 56.8 Å². The Morgan fingerprint density at radius 1 is 0.359 bits per heavy atom. The number of hydrogen-bond donors (Lipinski definition) is 0. The number of benzene rings is 9. The van der Waals surface area contributed by atoms with Crippen molar-refractivity contribution in [1.29, 1.82) is 10.5 Å². The highest BCUT2D eigenvalue weighted by atomic mass is 16.2. The fraction of sp³-hybridized carbons (Fsp3) is 0. The molecule has 0 N–H and O–H groups in total. The summed E-state index contributed by atoms with van der Waals surface area (Å²) in [6.45, 7) is 0. The number of carbonyl (C=O) groups excluding carboxylic acids is 2. The first-order chi connectivity index (χ1) is 31.5. The minimum Gasteiger partial charge on any atom is -0.307 e. The van der Waals surface area contributed by atoms with Crippen molar-refractivity contribution in [3.05, 3.63) is 229 Å². The summed E-state index contributed by atoms with van der Waals surface area (Å²) in [7, 11) is 0. The number of imide groups is 1. The van der Waals surface area contributed by atoms with E-state index in [0.29, 0.717) is 33.6 Å². The number of nitriles is 2. The Kier molecular flexibility index (Phi) is 9.12. The van der Waals surface area contributed by atoms with Crippen LogP contribution in [0.15, 0.2) is 206 Å². The van der Waals surface area contributed by atoms with Gasteiger partial charge < -0.3 is 4.57 Å². The molecule has 1 aliphatic heterocycles. The topological polar surface area (TPSA) is 89.9 Å². The molecule has 1 aliphatic rings. The summed E-state index contributed by atoms with van der Waals surface area (Å²) in [6, 6.07) is 71.4. The van der Waals surface area contributed by atoms with E-state index in [1.54, 1.807) is 30.3 Å². The quantitative estimate of drug-likeness (QED) is 0.150. The molecule has 64 heavy (non-hydrogen) atoms. The van der Waals surface area contributed by atoms with Gasteiger partial charge in [0.2, 0.25) is 0 Å². The highest BCUT2D eigenvalue weighted by Gasteiger charge is 2.42.